The standard InChI is InChI=1S/C23H32N2O2/c1-14(26)27-16-6-8-22(2)15(12-16)4-5-17-18(22)7-9-23(3)19(17)13-20-21(23)25-11-10-24-20/h12,16-19H,4-11,13H2,1-3H3/t16?,17?,18?,19-,22-,23-/m0/s1. The maximum Gasteiger partial charge on any atom is 0.303 e. The number of allylic oxidation sites excluding steroid dienone is 1. The molecule has 0 spiro atoms. The lowest BCUT2D eigenvalue weighted by atomic mass is 9.47. The van der Waals surface area contributed by atoms with E-state index in [9.17, 15) is 4.79 Å². The number of fused-ring (bicyclic) bond motifs is 7. The maximum atomic E-state index is 11.4. The van der Waals surface area contributed by atoms with E-state index in [0.717, 1.165) is 50.1 Å². The number of esters is 1. The van der Waals surface area contributed by atoms with Crippen LogP contribution in [0.15, 0.2) is 21.6 Å². The van der Waals surface area contributed by atoms with Gasteiger partial charge in [0.2, 0.25) is 0 Å². The minimum atomic E-state index is -0.155. The molecule has 146 valence electrons. The molecule has 0 aromatic rings. The molecule has 3 fully saturated rings. The smallest absolute Gasteiger partial charge is 0.303 e. The van der Waals surface area contributed by atoms with Crippen molar-refractivity contribution in [3.8, 4) is 0 Å². The van der Waals surface area contributed by atoms with Gasteiger partial charge in [-0.2, -0.15) is 0 Å². The van der Waals surface area contributed by atoms with Gasteiger partial charge in [-0.25, -0.2) is 0 Å². The SMILES string of the molecule is CC(=O)OC1C=C2CCC3C(CC[C@]4(C)C5=NCCN=C5C[C@@H]34)[C@@]2(C)CC1. The van der Waals surface area contributed by atoms with Gasteiger partial charge in [0.15, 0.2) is 0 Å². The Hall–Kier alpha value is -1.45. The highest BCUT2D eigenvalue weighted by Gasteiger charge is 2.59. The molecule has 3 saturated carbocycles. The molecule has 0 bridgehead atoms. The van der Waals surface area contributed by atoms with Crippen molar-refractivity contribution in [3.63, 3.8) is 0 Å². The number of carbonyl (C=O) groups is 1. The Morgan fingerprint density at radius 3 is 2.67 bits per heavy atom. The zero-order valence-electron chi connectivity index (χ0n) is 17.0. The second-order valence-corrected chi connectivity index (χ2v) is 9.93. The quantitative estimate of drug-likeness (QED) is 0.509. The van der Waals surface area contributed by atoms with E-state index in [0.29, 0.717) is 0 Å². The first-order valence-electron chi connectivity index (χ1n) is 10.9. The molecule has 5 aliphatic rings. The van der Waals surface area contributed by atoms with Crippen LogP contribution in [0, 0.1) is 28.6 Å². The second-order valence-electron chi connectivity index (χ2n) is 9.93. The van der Waals surface area contributed by atoms with Crippen molar-refractivity contribution in [2.24, 2.45) is 38.6 Å². The van der Waals surface area contributed by atoms with Crippen molar-refractivity contribution in [2.75, 3.05) is 13.1 Å². The first kappa shape index (κ1) is 17.6. The Morgan fingerprint density at radius 2 is 1.85 bits per heavy atom. The molecular formula is C23H32N2O2. The molecule has 0 aromatic carbocycles. The highest BCUT2D eigenvalue weighted by Crippen LogP contribution is 2.64. The van der Waals surface area contributed by atoms with Crippen molar-refractivity contribution in [2.45, 2.75) is 71.8 Å². The number of carbonyl (C=O) groups excluding carboxylic acids is 1. The predicted molar refractivity (Wildman–Crippen MR) is 107 cm³/mol. The van der Waals surface area contributed by atoms with Crippen LogP contribution in [0.2, 0.25) is 0 Å². The average Bonchev–Trinajstić information content (AvgIpc) is 2.95. The lowest BCUT2D eigenvalue weighted by Crippen LogP contribution is -2.51. The molecular weight excluding hydrogens is 336 g/mol. The summed E-state index contributed by atoms with van der Waals surface area (Å²) in [6.45, 7) is 8.27. The lowest BCUT2D eigenvalue weighted by Gasteiger charge is -2.57. The third-order valence-corrected chi connectivity index (χ3v) is 8.68. The van der Waals surface area contributed by atoms with E-state index in [1.165, 1.54) is 44.0 Å². The number of aliphatic imine (C=N–C) groups is 2. The van der Waals surface area contributed by atoms with E-state index in [1.807, 2.05) is 0 Å². The third kappa shape index (κ3) is 2.51. The van der Waals surface area contributed by atoms with Gasteiger partial charge in [0.05, 0.1) is 24.5 Å². The fourth-order valence-corrected chi connectivity index (χ4v) is 7.39. The summed E-state index contributed by atoms with van der Waals surface area (Å²) >= 11 is 0. The molecule has 0 radical (unpaired) electrons. The van der Waals surface area contributed by atoms with Gasteiger partial charge >= 0.3 is 5.97 Å². The van der Waals surface area contributed by atoms with Gasteiger partial charge in [-0.1, -0.05) is 19.4 Å². The summed E-state index contributed by atoms with van der Waals surface area (Å²) in [5, 5.41) is 0. The van der Waals surface area contributed by atoms with Crippen molar-refractivity contribution in [1.29, 1.82) is 0 Å². The predicted octanol–water partition coefficient (Wildman–Crippen LogP) is 4.39. The second kappa shape index (κ2) is 6.02. The number of nitrogens with zero attached hydrogens (tertiary/aromatic N) is 2. The number of ether oxygens (including phenoxy) is 1. The van der Waals surface area contributed by atoms with Crippen LogP contribution < -0.4 is 0 Å². The van der Waals surface area contributed by atoms with E-state index in [2.05, 4.69) is 19.9 Å². The Bertz CT molecular complexity index is 766. The first-order chi connectivity index (χ1) is 12.9. The normalized spacial score (nSPS) is 45.4. The molecule has 1 heterocycles. The molecule has 6 atom stereocenters. The zero-order chi connectivity index (χ0) is 18.8. The summed E-state index contributed by atoms with van der Waals surface area (Å²) < 4.78 is 5.52. The summed E-state index contributed by atoms with van der Waals surface area (Å²) in [4.78, 5) is 21.2. The minimum Gasteiger partial charge on any atom is -0.458 e. The zero-order valence-corrected chi connectivity index (χ0v) is 17.0. The van der Waals surface area contributed by atoms with Crippen LogP contribution in [0.1, 0.15) is 65.7 Å². The van der Waals surface area contributed by atoms with Crippen LogP contribution in [0.25, 0.3) is 0 Å². The largest absolute Gasteiger partial charge is 0.458 e. The summed E-state index contributed by atoms with van der Waals surface area (Å²) in [5.41, 5.74) is 4.81. The van der Waals surface area contributed by atoms with Crippen LogP contribution in [-0.2, 0) is 9.53 Å². The van der Waals surface area contributed by atoms with Gasteiger partial charge in [0, 0.05) is 12.3 Å². The number of hydrogen-bond acceptors (Lipinski definition) is 4. The molecule has 27 heavy (non-hydrogen) atoms. The first-order valence-corrected chi connectivity index (χ1v) is 10.9. The molecule has 3 unspecified atom stereocenters. The lowest BCUT2D eigenvalue weighted by molar-refractivity contribution is -0.145. The number of hydrogen-bond donors (Lipinski definition) is 0. The highest BCUT2D eigenvalue weighted by atomic mass is 16.5. The Kier molecular flexibility index (Phi) is 3.93. The van der Waals surface area contributed by atoms with E-state index >= 15 is 0 Å². The Labute approximate surface area is 162 Å². The fraction of sp³-hybridized carbons (Fsp3) is 0.783. The van der Waals surface area contributed by atoms with E-state index < -0.39 is 0 Å². The van der Waals surface area contributed by atoms with Crippen molar-refractivity contribution in [3.05, 3.63) is 11.6 Å². The van der Waals surface area contributed by atoms with Crippen molar-refractivity contribution < 1.29 is 9.53 Å². The monoisotopic (exact) mass is 368 g/mol. The van der Waals surface area contributed by atoms with Gasteiger partial charge in [-0.15, -0.1) is 0 Å². The van der Waals surface area contributed by atoms with E-state index in [1.54, 1.807) is 5.57 Å². The van der Waals surface area contributed by atoms with Crippen LogP contribution in [0.3, 0.4) is 0 Å². The molecule has 1 aliphatic heterocycles. The van der Waals surface area contributed by atoms with Crippen molar-refractivity contribution >= 4 is 17.4 Å². The number of rotatable bonds is 1. The summed E-state index contributed by atoms with van der Waals surface area (Å²) in [6, 6.07) is 0. The Morgan fingerprint density at radius 1 is 1.07 bits per heavy atom. The molecule has 5 rings (SSSR count). The van der Waals surface area contributed by atoms with Crippen LogP contribution in [0.5, 0.6) is 0 Å². The van der Waals surface area contributed by atoms with Crippen LogP contribution in [-0.4, -0.2) is 36.6 Å². The van der Waals surface area contributed by atoms with Gasteiger partial charge in [0.1, 0.15) is 6.10 Å². The maximum absolute atomic E-state index is 11.4. The molecule has 0 aromatic heterocycles. The molecule has 0 saturated heterocycles. The molecule has 4 nitrogen and oxygen atoms in total. The third-order valence-electron chi connectivity index (χ3n) is 8.68. The molecule has 0 amide bonds. The topological polar surface area (TPSA) is 51.0 Å². The van der Waals surface area contributed by atoms with Gasteiger partial charge < -0.3 is 4.74 Å². The highest BCUT2D eigenvalue weighted by molar-refractivity contribution is 6.46. The Balaban J connectivity index is 1.45. The molecule has 4 heteroatoms. The van der Waals surface area contributed by atoms with Gasteiger partial charge in [0.25, 0.3) is 0 Å². The minimum absolute atomic E-state index is 0.00552. The average molecular weight is 369 g/mol. The summed E-state index contributed by atoms with van der Waals surface area (Å²) in [6.07, 6.45) is 10.6. The van der Waals surface area contributed by atoms with Gasteiger partial charge in [-0.05, 0) is 74.2 Å². The van der Waals surface area contributed by atoms with E-state index in [4.69, 9.17) is 14.7 Å². The van der Waals surface area contributed by atoms with Crippen LogP contribution in [0.4, 0.5) is 0 Å². The fourth-order valence-electron chi connectivity index (χ4n) is 7.39. The molecule has 0 N–H and O–H groups in total. The van der Waals surface area contributed by atoms with Crippen LogP contribution >= 0.6 is 0 Å². The summed E-state index contributed by atoms with van der Waals surface area (Å²) in [7, 11) is 0. The molecule has 4 aliphatic carbocycles. The van der Waals surface area contributed by atoms with Gasteiger partial charge in [-0.3, -0.25) is 14.8 Å². The summed E-state index contributed by atoms with van der Waals surface area (Å²) in [5.74, 6) is 2.11. The van der Waals surface area contributed by atoms with Crippen molar-refractivity contribution in [1.82, 2.24) is 0 Å². The van der Waals surface area contributed by atoms with E-state index in [-0.39, 0.29) is 22.9 Å².